The predicted molar refractivity (Wildman–Crippen MR) is 142 cm³/mol. The van der Waals surface area contributed by atoms with Gasteiger partial charge in [0.25, 0.3) is 0 Å². The van der Waals surface area contributed by atoms with Crippen molar-refractivity contribution < 1.29 is 13.3 Å². The molecule has 11 heteroatoms. The number of hydrogen-bond acceptors (Lipinski definition) is 8. The number of benzene rings is 1. The highest BCUT2D eigenvalue weighted by Crippen LogP contribution is 2.40. The molecule has 0 fully saturated rings. The first kappa shape index (κ1) is 23.6. The van der Waals surface area contributed by atoms with Gasteiger partial charge in [0.2, 0.25) is 5.95 Å². The summed E-state index contributed by atoms with van der Waals surface area (Å²) in [5, 5.41) is 3.54. The van der Waals surface area contributed by atoms with E-state index in [-0.39, 0.29) is 5.39 Å². The van der Waals surface area contributed by atoms with E-state index in [2.05, 4.69) is 54.8 Å². The highest BCUT2D eigenvalue weighted by molar-refractivity contribution is 7.92. The molecule has 2 aliphatic heterocycles. The standard InChI is InChI=1S/C26H26FN7O2S/c1-33-13-16-6-5-9-36-21-11-18(10-17(14-33)24(16)21)29-26-28-12-19-20(27)15-34(25(19)31-26)23-8-4-7-22(30-23)32-37(2,3)35/h4-8,10-12,15-16H,9,13-14H2,1-3H3,(H,28,29,31). The average Bonchev–Trinajstić information content (AvgIpc) is 3.01. The summed E-state index contributed by atoms with van der Waals surface area (Å²) in [6.07, 6.45) is 10.1. The van der Waals surface area contributed by atoms with Crippen LogP contribution in [0, 0.1) is 5.82 Å². The Balaban J connectivity index is 1.39. The number of hydrogen-bond donors (Lipinski definition) is 1. The summed E-state index contributed by atoms with van der Waals surface area (Å²) in [7, 11) is -0.287. The van der Waals surface area contributed by atoms with E-state index in [4.69, 9.17) is 4.74 Å². The van der Waals surface area contributed by atoms with E-state index < -0.39 is 15.5 Å². The SMILES string of the molecule is CN1Cc2cc(Nc3ncc4c(F)cn(-c5cccc(N=S(C)(C)=O)n5)c4n3)cc3c2C(C=CCO3)C1. The Hall–Kier alpha value is -3.83. The van der Waals surface area contributed by atoms with Crippen molar-refractivity contribution >= 4 is 38.2 Å². The number of fused-ring (bicyclic) bond motifs is 1. The minimum Gasteiger partial charge on any atom is -0.489 e. The van der Waals surface area contributed by atoms with Crippen LogP contribution in [0.25, 0.3) is 16.9 Å². The molecule has 2 aliphatic rings. The molecule has 6 rings (SSSR count). The van der Waals surface area contributed by atoms with Crippen LogP contribution in [-0.2, 0) is 16.3 Å². The molecular weight excluding hydrogens is 493 g/mol. The summed E-state index contributed by atoms with van der Waals surface area (Å²) in [4.78, 5) is 15.7. The van der Waals surface area contributed by atoms with Crippen molar-refractivity contribution in [3.05, 3.63) is 71.8 Å². The normalized spacial score (nSPS) is 17.2. The van der Waals surface area contributed by atoms with Crippen molar-refractivity contribution in [1.82, 2.24) is 24.4 Å². The van der Waals surface area contributed by atoms with Gasteiger partial charge in [0.15, 0.2) is 17.3 Å². The first-order valence-electron chi connectivity index (χ1n) is 11.8. The highest BCUT2D eigenvalue weighted by atomic mass is 32.2. The Labute approximate surface area is 214 Å². The lowest BCUT2D eigenvalue weighted by Crippen LogP contribution is -2.29. The Morgan fingerprint density at radius 3 is 2.95 bits per heavy atom. The third kappa shape index (κ3) is 4.67. The fourth-order valence-corrected chi connectivity index (χ4v) is 5.43. The minimum absolute atomic E-state index is 0.264. The van der Waals surface area contributed by atoms with Gasteiger partial charge in [-0.3, -0.25) is 4.57 Å². The lowest BCUT2D eigenvalue weighted by Gasteiger charge is -2.31. The molecule has 3 aromatic heterocycles. The Morgan fingerprint density at radius 1 is 1.24 bits per heavy atom. The van der Waals surface area contributed by atoms with Crippen molar-refractivity contribution in [3.8, 4) is 11.6 Å². The maximum atomic E-state index is 14.8. The number of ether oxygens (including phenoxy) is 1. The molecule has 1 N–H and O–H groups in total. The van der Waals surface area contributed by atoms with Crippen LogP contribution in [0.3, 0.4) is 0 Å². The molecule has 0 radical (unpaired) electrons. The Bertz CT molecular complexity index is 1680. The topological polar surface area (TPSA) is 97.5 Å². The van der Waals surface area contributed by atoms with E-state index in [0.29, 0.717) is 35.8 Å². The van der Waals surface area contributed by atoms with E-state index in [9.17, 15) is 8.60 Å². The third-order valence-electron chi connectivity index (χ3n) is 6.28. The molecule has 0 bridgehead atoms. The number of aromatic nitrogens is 4. The number of nitrogens with one attached hydrogen (secondary N) is 1. The Morgan fingerprint density at radius 2 is 2.11 bits per heavy atom. The summed E-state index contributed by atoms with van der Waals surface area (Å²) in [6, 6.07) is 9.17. The second-order valence-electron chi connectivity index (χ2n) is 9.62. The van der Waals surface area contributed by atoms with Crippen molar-refractivity contribution in [1.29, 1.82) is 0 Å². The number of anilines is 2. The summed E-state index contributed by atoms with van der Waals surface area (Å²) in [6.45, 7) is 2.29. The van der Waals surface area contributed by atoms with Gasteiger partial charge in [-0.05, 0) is 30.8 Å². The van der Waals surface area contributed by atoms with Crippen LogP contribution in [-0.4, -0.2) is 61.3 Å². The van der Waals surface area contributed by atoms with Crippen molar-refractivity contribution in [2.75, 3.05) is 38.0 Å². The molecule has 4 aromatic rings. The zero-order valence-corrected chi connectivity index (χ0v) is 21.5. The molecule has 37 heavy (non-hydrogen) atoms. The van der Waals surface area contributed by atoms with Crippen LogP contribution >= 0.6 is 0 Å². The van der Waals surface area contributed by atoms with Gasteiger partial charge in [-0.25, -0.2) is 18.6 Å². The molecular formula is C26H26FN7O2S. The van der Waals surface area contributed by atoms with Crippen LogP contribution in [0.2, 0.25) is 0 Å². The molecule has 5 heterocycles. The van der Waals surface area contributed by atoms with Crippen molar-refractivity contribution in [2.45, 2.75) is 12.5 Å². The maximum absolute atomic E-state index is 14.8. The predicted octanol–water partition coefficient (Wildman–Crippen LogP) is 4.53. The van der Waals surface area contributed by atoms with Gasteiger partial charge in [-0.15, -0.1) is 0 Å². The zero-order valence-electron chi connectivity index (χ0n) is 20.7. The van der Waals surface area contributed by atoms with Crippen LogP contribution in [0.4, 0.5) is 21.8 Å². The Kier molecular flexibility index (Phi) is 5.68. The fraction of sp³-hybridized carbons (Fsp3) is 0.269. The van der Waals surface area contributed by atoms with E-state index in [1.54, 1.807) is 22.8 Å². The molecule has 9 nitrogen and oxygen atoms in total. The number of pyridine rings is 1. The molecule has 1 atom stereocenters. The van der Waals surface area contributed by atoms with Gasteiger partial charge >= 0.3 is 0 Å². The van der Waals surface area contributed by atoms with Gasteiger partial charge < -0.3 is 15.0 Å². The number of halogens is 1. The molecule has 0 spiro atoms. The molecule has 0 aliphatic carbocycles. The first-order valence-corrected chi connectivity index (χ1v) is 14.2. The van der Waals surface area contributed by atoms with E-state index >= 15 is 0 Å². The lowest BCUT2D eigenvalue weighted by molar-refractivity contribution is 0.292. The molecule has 190 valence electrons. The van der Waals surface area contributed by atoms with Crippen LogP contribution in [0.5, 0.6) is 5.75 Å². The molecule has 0 saturated carbocycles. The summed E-state index contributed by atoms with van der Waals surface area (Å²) in [5.74, 6) is 1.71. The van der Waals surface area contributed by atoms with Crippen molar-refractivity contribution in [2.24, 2.45) is 4.36 Å². The average molecular weight is 520 g/mol. The van der Waals surface area contributed by atoms with Gasteiger partial charge in [-0.2, -0.15) is 9.35 Å². The van der Waals surface area contributed by atoms with E-state index in [1.807, 2.05) is 6.07 Å². The minimum atomic E-state index is -2.40. The largest absolute Gasteiger partial charge is 0.489 e. The summed E-state index contributed by atoms with van der Waals surface area (Å²) < 4.78 is 38.6. The van der Waals surface area contributed by atoms with Crippen molar-refractivity contribution in [3.63, 3.8) is 0 Å². The maximum Gasteiger partial charge on any atom is 0.229 e. The molecule has 1 aromatic carbocycles. The summed E-state index contributed by atoms with van der Waals surface area (Å²) >= 11 is 0. The van der Waals surface area contributed by atoms with Gasteiger partial charge in [0.1, 0.15) is 18.2 Å². The fourth-order valence-electron chi connectivity index (χ4n) is 4.88. The number of likely N-dealkylation sites (N-methyl/N-ethyl adjacent to an activating group) is 1. The second kappa shape index (κ2) is 8.93. The first-order chi connectivity index (χ1) is 17.7. The van der Waals surface area contributed by atoms with Gasteiger partial charge in [0, 0.05) is 71.0 Å². The molecule has 1 unspecified atom stereocenters. The van der Waals surface area contributed by atoms with E-state index in [0.717, 1.165) is 24.5 Å². The van der Waals surface area contributed by atoms with E-state index in [1.165, 1.54) is 36.0 Å². The lowest BCUT2D eigenvalue weighted by atomic mass is 9.88. The van der Waals surface area contributed by atoms with Crippen LogP contribution in [0.15, 0.2) is 59.2 Å². The quantitative estimate of drug-likeness (QED) is 0.396. The number of rotatable bonds is 4. The van der Waals surface area contributed by atoms with Crippen LogP contribution in [0.1, 0.15) is 17.0 Å². The number of nitrogens with zero attached hydrogens (tertiary/aromatic N) is 6. The molecule has 0 amide bonds. The smallest absolute Gasteiger partial charge is 0.229 e. The zero-order chi connectivity index (χ0) is 25.7. The van der Waals surface area contributed by atoms with Gasteiger partial charge in [0.05, 0.1) is 5.39 Å². The van der Waals surface area contributed by atoms with Gasteiger partial charge in [-0.1, -0.05) is 18.2 Å². The highest BCUT2D eigenvalue weighted by Gasteiger charge is 2.27. The summed E-state index contributed by atoms with van der Waals surface area (Å²) in [5.41, 5.74) is 3.56. The molecule has 0 saturated heterocycles. The second-order valence-corrected chi connectivity index (χ2v) is 12.2. The monoisotopic (exact) mass is 519 g/mol. The third-order valence-corrected chi connectivity index (χ3v) is 6.91. The van der Waals surface area contributed by atoms with Crippen LogP contribution < -0.4 is 10.1 Å².